The summed E-state index contributed by atoms with van der Waals surface area (Å²) in [4.78, 5) is 29.3. The topological polar surface area (TPSA) is 62.3 Å². The van der Waals surface area contributed by atoms with E-state index in [1.54, 1.807) is 6.20 Å². The van der Waals surface area contributed by atoms with Crippen molar-refractivity contribution in [1.82, 2.24) is 9.88 Å². The second kappa shape index (κ2) is 5.27. The molecule has 0 atom stereocenters. The van der Waals surface area contributed by atoms with E-state index in [-0.39, 0.29) is 11.8 Å². The molecular formula is C11H15N3O2S. The summed E-state index contributed by atoms with van der Waals surface area (Å²) in [5.41, 5.74) is 0. The van der Waals surface area contributed by atoms with Gasteiger partial charge in [-0.2, -0.15) is 0 Å². The highest BCUT2D eigenvalue weighted by Gasteiger charge is 2.29. The van der Waals surface area contributed by atoms with E-state index in [2.05, 4.69) is 17.2 Å². The first-order valence-corrected chi connectivity index (χ1v) is 6.54. The molecule has 0 aliphatic carbocycles. The van der Waals surface area contributed by atoms with E-state index < -0.39 is 0 Å². The van der Waals surface area contributed by atoms with Crippen molar-refractivity contribution in [3.63, 3.8) is 0 Å². The lowest BCUT2D eigenvalue weighted by Gasteiger charge is -2.11. The zero-order valence-corrected chi connectivity index (χ0v) is 10.5. The predicted molar refractivity (Wildman–Crippen MR) is 65.7 cm³/mol. The molecule has 1 aromatic heterocycles. The van der Waals surface area contributed by atoms with E-state index in [1.807, 2.05) is 0 Å². The maximum atomic E-state index is 11.4. The van der Waals surface area contributed by atoms with Gasteiger partial charge in [-0.1, -0.05) is 6.92 Å². The van der Waals surface area contributed by atoms with Gasteiger partial charge in [-0.05, 0) is 6.42 Å². The third-order valence-corrected chi connectivity index (χ3v) is 3.49. The lowest BCUT2D eigenvalue weighted by molar-refractivity contribution is -0.138. The first kappa shape index (κ1) is 12.0. The molecule has 5 nitrogen and oxygen atoms in total. The summed E-state index contributed by atoms with van der Waals surface area (Å²) in [5.74, 6) is -0.155. The fraction of sp³-hybridized carbons (Fsp3) is 0.545. The second-order valence-electron chi connectivity index (χ2n) is 3.93. The average Bonchev–Trinajstić information content (AvgIpc) is 2.88. The minimum absolute atomic E-state index is 0.0773. The molecule has 1 N–H and O–H groups in total. The average molecular weight is 253 g/mol. The fourth-order valence-electron chi connectivity index (χ4n) is 1.65. The van der Waals surface area contributed by atoms with E-state index in [0.29, 0.717) is 19.4 Å². The first-order chi connectivity index (χ1) is 8.20. The lowest BCUT2D eigenvalue weighted by atomic mass is 10.4. The van der Waals surface area contributed by atoms with Crippen LogP contribution in [0.3, 0.4) is 0 Å². The van der Waals surface area contributed by atoms with Crippen molar-refractivity contribution in [1.29, 1.82) is 0 Å². The van der Waals surface area contributed by atoms with Crippen LogP contribution in [0, 0.1) is 0 Å². The van der Waals surface area contributed by atoms with Crippen LogP contribution in [0.1, 0.15) is 31.1 Å². The van der Waals surface area contributed by atoms with Gasteiger partial charge in [-0.3, -0.25) is 14.5 Å². The van der Waals surface area contributed by atoms with E-state index in [1.165, 1.54) is 16.2 Å². The highest BCUT2D eigenvalue weighted by Crippen LogP contribution is 2.22. The summed E-state index contributed by atoms with van der Waals surface area (Å²) in [5, 5.41) is 4.03. The Balaban J connectivity index is 1.96. The summed E-state index contributed by atoms with van der Waals surface area (Å²) in [6.45, 7) is 3.33. The number of anilines is 1. The van der Waals surface area contributed by atoms with Gasteiger partial charge in [0.1, 0.15) is 0 Å². The Kier molecular flexibility index (Phi) is 3.73. The van der Waals surface area contributed by atoms with Crippen LogP contribution in [0.15, 0.2) is 6.20 Å². The number of carbonyl (C=O) groups is 2. The van der Waals surface area contributed by atoms with Crippen LogP contribution in [0.2, 0.25) is 0 Å². The van der Waals surface area contributed by atoms with Crippen molar-refractivity contribution in [2.45, 2.75) is 32.7 Å². The zero-order chi connectivity index (χ0) is 12.3. The van der Waals surface area contributed by atoms with Gasteiger partial charge in [-0.25, -0.2) is 4.98 Å². The van der Waals surface area contributed by atoms with Gasteiger partial charge in [0.05, 0.1) is 6.54 Å². The van der Waals surface area contributed by atoms with Gasteiger partial charge in [0.25, 0.3) is 0 Å². The third-order valence-electron chi connectivity index (χ3n) is 2.55. The first-order valence-electron chi connectivity index (χ1n) is 5.72. The van der Waals surface area contributed by atoms with Crippen LogP contribution in [0.5, 0.6) is 0 Å². The summed E-state index contributed by atoms with van der Waals surface area (Å²) in [7, 11) is 0. The predicted octanol–water partition coefficient (Wildman–Crippen LogP) is 1.61. The minimum Gasteiger partial charge on any atom is -0.362 e. The molecule has 1 aliphatic heterocycles. The number of nitrogens with one attached hydrogen (secondary N) is 1. The molecule has 2 rings (SSSR count). The molecule has 0 radical (unpaired) electrons. The van der Waals surface area contributed by atoms with Crippen molar-refractivity contribution in [3.05, 3.63) is 11.1 Å². The number of aromatic nitrogens is 1. The number of nitrogens with zero attached hydrogens (tertiary/aromatic N) is 2. The van der Waals surface area contributed by atoms with Crippen molar-refractivity contribution in [3.8, 4) is 0 Å². The summed E-state index contributed by atoms with van der Waals surface area (Å²) < 4.78 is 0. The van der Waals surface area contributed by atoms with Gasteiger partial charge in [0.2, 0.25) is 11.8 Å². The molecule has 2 heterocycles. The molecule has 0 saturated carbocycles. The second-order valence-corrected chi connectivity index (χ2v) is 5.05. The Morgan fingerprint density at radius 1 is 1.41 bits per heavy atom. The van der Waals surface area contributed by atoms with E-state index in [0.717, 1.165) is 23.0 Å². The van der Waals surface area contributed by atoms with Gasteiger partial charge in [0, 0.05) is 30.5 Å². The fourth-order valence-corrected chi connectivity index (χ4v) is 2.48. The minimum atomic E-state index is -0.0773. The van der Waals surface area contributed by atoms with E-state index >= 15 is 0 Å². The number of amides is 2. The molecule has 0 aromatic carbocycles. The van der Waals surface area contributed by atoms with Crippen molar-refractivity contribution < 1.29 is 9.59 Å². The van der Waals surface area contributed by atoms with E-state index in [9.17, 15) is 9.59 Å². The summed E-state index contributed by atoms with van der Waals surface area (Å²) in [6, 6.07) is 0. The maximum Gasteiger partial charge on any atom is 0.230 e. The standard InChI is InChI=1S/C11H15N3O2S/c1-2-5-12-11-13-6-8(17-11)7-14-9(15)3-4-10(14)16/h6H,2-5,7H2,1H3,(H,12,13). The molecule has 1 fully saturated rings. The number of likely N-dealkylation sites (tertiary alicyclic amines) is 1. The van der Waals surface area contributed by atoms with Crippen molar-refractivity contribution in [2.24, 2.45) is 0 Å². The molecule has 1 saturated heterocycles. The number of hydrogen-bond donors (Lipinski definition) is 1. The number of hydrogen-bond acceptors (Lipinski definition) is 5. The molecule has 0 unspecified atom stereocenters. The molecule has 1 aliphatic rings. The number of rotatable bonds is 5. The maximum absolute atomic E-state index is 11.4. The number of carbonyl (C=O) groups excluding carboxylic acids is 2. The Morgan fingerprint density at radius 2 is 2.12 bits per heavy atom. The Labute approximate surface area is 104 Å². The Morgan fingerprint density at radius 3 is 2.76 bits per heavy atom. The largest absolute Gasteiger partial charge is 0.362 e. The molecule has 2 amide bonds. The molecule has 0 bridgehead atoms. The van der Waals surface area contributed by atoms with Gasteiger partial charge in [0.15, 0.2) is 5.13 Å². The van der Waals surface area contributed by atoms with Crippen molar-refractivity contribution >= 4 is 28.3 Å². The van der Waals surface area contributed by atoms with Gasteiger partial charge in [-0.15, -0.1) is 11.3 Å². The van der Waals surface area contributed by atoms with Crippen LogP contribution in [0.25, 0.3) is 0 Å². The summed E-state index contributed by atoms with van der Waals surface area (Å²) in [6.07, 6.45) is 3.46. The molecule has 92 valence electrons. The third kappa shape index (κ3) is 2.82. The summed E-state index contributed by atoms with van der Waals surface area (Å²) >= 11 is 1.50. The highest BCUT2D eigenvalue weighted by molar-refractivity contribution is 7.15. The Bertz CT molecular complexity index is 414. The highest BCUT2D eigenvalue weighted by atomic mass is 32.1. The zero-order valence-electron chi connectivity index (χ0n) is 9.73. The van der Waals surface area contributed by atoms with Gasteiger partial charge >= 0.3 is 0 Å². The Hall–Kier alpha value is -1.43. The molecular weight excluding hydrogens is 238 g/mol. The van der Waals surface area contributed by atoms with Crippen LogP contribution in [-0.4, -0.2) is 28.2 Å². The van der Waals surface area contributed by atoms with Crippen LogP contribution < -0.4 is 5.32 Å². The molecule has 1 aromatic rings. The monoisotopic (exact) mass is 253 g/mol. The molecule has 6 heteroatoms. The van der Waals surface area contributed by atoms with Crippen LogP contribution >= 0.6 is 11.3 Å². The number of thiazole rings is 1. The quantitative estimate of drug-likeness (QED) is 0.810. The lowest BCUT2D eigenvalue weighted by Crippen LogP contribution is -2.27. The van der Waals surface area contributed by atoms with Crippen LogP contribution in [0.4, 0.5) is 5.13 Å². The SMILES string of the molecule is CCCNc1ncc(CN2C(=O)CCC2=O)s1. The molecule has 17 heavy (non-hydrogen) atoms. The van der Waals surface area contributed by atoms with E-state index in [4.69, 9.17) is 0 Å². The number of imide groups is 1. The van der Waals surface area contributed by atoms with Crippen LogP contribution in [-0.2, 0) is 16.1 Å². The molecule has 0 spiro atoms. The smallest absolute Gasteiger partial charge is 0.230 e. The van der Waals surface area contributed by atoms with Crippen molar-refractivity contribution in [2.75, 3.05) is 11.9 Å². The van der Waals surface area contributed by atoms with Gasteiger partial charge < -0.3 is 5.32 Å². The normalized spacial score (nSPS) is 15.7.